The molecule has 0 saturated carbocycles. The molecule has 1 radical (unpaired) electrons. The Bertz CT molecular complexity index is 634. The molecule has 0 fully saturated rings. The molecule has 103 valence electrons. The van der Waals surface area contributed by atoms with Crippen LogP contribution < -0.4 is 4.57 Å². The first-order valence-electron chi connectivity index (χ1n) is 6.26. The Morgan fingerprint density at radius 2 is 1.95 bits per heavy atom. The maximum Gasteiger partial charge on any atom is 0.246 e. The van der Waals surface area contributed by atoms with Gasteiger partial charge in [-0.3, -0.25) is 4.98 Å². The number of fused-ring (bicyclic) bond motifs is 3. The molecule has 0 spiro atoms. The molecule has 0 bridgehead atoms. The van der Waals surface area contributed by atoms with Crippen LogP contribution in [0.1, 0.15) is 11.4 Å². The summed E-state index contributed by atoms with van der Waals surface area (Å²) in [5, 5.41) is 0. The molecule has 1 aromatic carbocycles. The zero-order valence-electron chi connectivity index (χ0n) is 11.9. The van der Waals surface area contributed by atoms with Gasteiger partial charge in [-0.2, -0.15) is 0 Å². The van der Waals surface area contributed by atoms with E-state index < -0.39 is 8.40 Å². The summed E-state index contributed by atoms with van der Waals surface area (Å²) in [6.07, 6.45) is 0. The average molecular weight is 449 g/mol. The van der Waals surface area contributed by atoms with E-state index in [2.05, 4.69) is 61.0 Å². The molecule has 0 unspecified atom stereocenters. The van der Waals surface area contributed by atoms with E-state index in [1.165, 1.54) is 11.4 Å². The van der Waals surface area contributed by atoms with Gasteiger partial charge in [-0.25, -0.2) is 0 Å². The zero-order chi connectivity index (χ0) is 13.1. The minimum Gasteiger partial charge on any atom is -0.425 e. The van der Waals surface area contributed by atoms with E-state index in [1.54, 1.807) is 0 Å². The largest absolute Gasteiger partial charge is 0.425 e. The number of imidazole rings is 1. The minimum absolute atomic E-state index is 0. The third-order valence-electron chi connectivity index (χ3n) is 4.13. The van der Waals surface area contributed by atoms with Gasteiger partial charge in [0.25, 0.3) is 0 Å². The van der Waals surface area contributed by atoms with Crippen LogP contribution in [0.3, 0.4) is 0 Å². The van der Waals surface area contributed by atoms with Crippen molar-refractivity contribution in [1.82, 2.24) is 9.22 Å². The van der Waals surface area contributed by atoms with Crippen molar-refractivity contribution in [3.05, 3.63) is 35.7 Å². The fraction of sp³-hybridized carbons (Fsp3) is 0.357. The molecule has 1 aromatic heterocycles. The number of nitrogens with zero attached hydrogens (tertiary/aromatic N) is 3. The summed E-state index contributed by atoms with van der Waals surface area (Å²) in [4.78, 5) is 4.76. The fourth-order valence-corrected chi connectivity index (χ4v) is 5.52. The molecule has 0 N–H and O–H groups in total. The predicted molar refractivity (Wildman–Crippen MR) is 77.3 cm³/mol. The smallest absolute Gasteiger partial charge is 0.246 e. The van der Waals surface area contributed by atoms with Gasteiger partial charge in [-0.15, -0.1) is 24.3 Å². The van der Waals surface area contributed by atoms with E-state index in [9.17, 15) is 0 Å². The van der Waals surface area contributed by atoms with Gasteiger partial charge in [0.2, 0.25) is 8.40 Å². The van der Waals surface area contributed by atoms with Crippen LogP contribution in [0.15, 0.2) is 18.2 Å². The Labute approximate surface area is 129 Å². The molecule has 0 atom stereocenters. The Kier molecular flexibility index (Phi) is 3.50. The second-order valence-electron chi connectivity index (χ2n) is 5.43. The maximum absolute atomic E-state index is 4.76. The van der Waals surface area contributed by atoms with Crippen LogP contribution >= 0.6 is 0 Å². The van der Waals surface area contributed by atoms with E-state index in [1.807, 2.05) is 6.07 Å². The molecular formula is C14H18IrN3Si-. The topological polar surface area (TPSA) is 21.1 Å². The molecule has 5 heteroatoms. The summed E-state index contributed by atoms with van der Waals surface area (Å²) < 4.78 is 4.88. The first-order chi connectivity index (χ1) is 8.44. The summed E-state index contributed by atoms with van der Waals surface area (Å²) >= 11 is 0. The Balaban J connectivity index is 0.00000133. The summed E-state index contributed by atoms with van der Waals surface area (Å²) in [5.74, 6) is 1.09. The predicted octanol–water partition coefficient (Wildman–Crippen LogP) is 2.96. The quantitative estimate of drug-likeness (QED) is 0.456. The molecule has 1 aliphatic rings. The molecule has 19 heavy (non-hydrogen) atoms. The normalized spacial score (nSPS) is 15.5. The van der Waals surface area contributed by atoms with Crippen molar-refractivity contribution in [1.29, 1.82) is 0 Å². The zero-order valence-corrected chi connectivity index (χ0v) is 15.3. The van der Waals surface area contributed by atoms with Crippen LogP contribution in [0.5, 0.6) is 0 Å². The second kappa shape index (κ2) is 4.58. The van der Waals surface area contributed by atoms with Crippen molar-refractivity contribution < 1.29 is 20.1 Å². The van der Waals surface area contributed by atoms with Crippen molar-refractivity contribution >= 4 is 14.1 Å². The van der Waals surface area contributed by atoms with Crippen LogP contribution in [-0.4, -0.2) is 24.7 Å². The fourth-order valence-electron chi connectivity index (χ4n) is 2.78. The third-order valence-corrected chi connectivity index (χ3v) is 7.66. The van der Waals surface area contributed by atoms with Crippen molar-refractivity contribution in [2.45, 2.75) is 26.9 Å². The molecule has 0 amide bonds. The van der Waals surface area contributed by atoms with Crippen LogP contribution in [0.4, 0.5) is 5.69 Å². The standard InChI is InChI=1S/C14H18N3Si.Ir/c1-10-11(2)17-14(15-10)12-8-6-7-9-13(12)16(3)18(17,4)5;/h6-7,9H,1-5H3;/q-1;. The number of aromatic nitrogens is 2. The SMILES string of the molecule is Cc1nc2n(c1C)[Si](C)(C)N(C)c1ccc[c-]c1-2.[Ir]. The van der Waals surface area contributed by atoms with Gasteiger partial charge in [-0.05, 0) is 34.0 Å². The van der Waals surface area contributed by atoms with Gasteiger partial charge in [0, 0.05) is 31.5 Å². The Morgan fingerprint density at radius 3 is 2.63 bits per heavy atom. The van der Waals surface area contributed by atoms with E-state index in [4.69, 9.17) is 4.98 Å². The Hall–Kier alpha value is -0.904. The summed E-state index contributed by atoms with van der Waals surface area (Å²) in [6, 6.07) is 9.54. The average Bonchev–Trinajstić information content (AvgIpc) is 2.64. The molecule has 3 nitrogen and oxygen atoms in total. The second-order valence-corrected chi connectivity index (χ2v) is 9.53. The summed E-state index contributed by atoms with van der Waals surface area (Å²) in [7, 11) is 0.469. The molecule has 0 saturated heterocycles. The van der Waals surface area contributed by atoms with Crippen molar-refractivity contribution in [3.8, 4) is 11.4 Å². The van der Waals surface area contributed by atoms with Gasteiger partial charge >= 0.3 is 0 Å². The molecular weight excluding hydrogens is 430 g/mol. The van der Waals surface area contributed by atoms with Gasteiger partial charge in [-0.1, -0.05) is 11.3 Å². The first-order valence-corrected chi connectivity index (χ1v) is 9.15. The minimum atomic E-state index is -1.72. The van der Waals surface area contributed by atoms with E-state index in [0.717, 1.165) is 17.1 Å². The van der Waals surface area contributed by atoms with Gasteiger partial charge in [0.15, 0.2) is 0 Å². The molecule has 0 aliphatic carbocycles. The van der Waals surface area contributed by atoms with E-state index in [-0.39, 0.29) is 20.1 Å². The number of rotatable bonds is 0. The van der Waals surface area contributed by atoms with E-state index >= 15 is 0 Å². The summed E-state index contributed by atoms with van der Waals surface area (Å²) in [5.41, 5.74) is 4.80. The van der Waals surface area contributed by atoms with Crippen LogP contribution in [0, 0.1) is 19.9 Å². The molecule has 2 aromatic rings. The van der Waals surface area contributed by atoms with Gasteiger partial charge < -0.3 is 8.80 Å². The summed E-state index contributed by atoms with van der Waals surface area (Å²) in [6.45, 7) is 8.98. The molecule has 3 rings (SSSR count). The maximum atomic E-state index is 4.76. The third kappa shape index (κ3) is 1.83. The molecule has 1 aliphatic heterocycles. The Morgan fingerprint density at radius 1 is 1.26 bits per heavy atom. The van der Waals surface area contributed by atoms with Crippen LogP contribution in [0.25, 0.3) is 11.4 Å². The van der Waals surface area contributed by atoms with E-state index in [0.29, 0.717) is 0 Å². The number of aryl methyl sites for hydroxylation is 1. The number of benzene rings is 1. The number of anilines is 1. The van der Waals surface area contributed by atoms with Crippen molar-refractivity contribution in [2.24, 2.45) is 0 Å². The number of hydrogen-bond acceptors (Lipinski definition) is 2. The van der Waals surface area contributed by atoms with Crippen molar-refractivity contribution in [2.75, 3.05) is 11.6 Å². The van der Waals surface area contributed by atoms with Crippen LogP contribution in [0.2, 0.25) is 13.1 Å². The van der Waals surface area contributed by atoms with Gasteiger partial charge in [0.05, 0.1) is 5.82 Å². The van der Waals surface area contributed by atoms with Crippen LogP contribution in [-0.2, 0) is 20.1 Å². The van der Waals surface area contributed by atoms with Gasteiger partial charge in [0.1, 0.15) is 0 Å². The van der Waals surface area contributed by atoms with Crippen molar-refractivity contribution in [3.63, 3.8) is 0 Å². The molecule has 2 heterocycles. The number of hydrogen-bond donors (Lipinski definition) is 0. The monoisotopic (exact) mass is 449 g/mol. The first kappa shape index (κ1) is 14.5.